The van der Waals surface area contributed by atoms with Crippen molar-refractivity contribution in [2.75, 3.05) is 32.2 Å². The van der Waals surface area contributed by atoms with Crippen molar-refractivity contribution < 1.29 is 22.7 Å². The summed E-state index contributed by atoms with van der Waals surface area (Å²) in [6, 6.07) is 10.7. The number of hydrogen-bond acceptors (Lipinski definition) is 5. The van der Waals surface area contributed by atoms with Gasteiger partial charge < -0.3 is 14.4 Å². The SMILES string of the molecule is COc1ccc(OC)c(S(=O)(=O)N2CCC[C@@H](C(=O)N3c4ccc(Br)cc4C[C@@H]3C)C2)c1. The van der Waals surface area contributed by atoms with E-state index < -0.39 is 15.9 Å². The van der Waals surface area contributed by atoms with E-state index in [2.05, 4.69) is 15.9 Å². The van der Waals surface area contributed by atoms with Crippen molar-refractivity contribution in [2.24, 2.45) is 5.92 Å². The van der Waals surface area contributed by atoms with Gasteiger partial charge in [0.25, 0.3) is 0 Å². The maximum atomic E-state index is 13.5. The third-order valence-electron chi connectivity index (χ3n) is 6.22. The number of hydrogen-bond donors (Lipinski definition) is 0. The fourth-order valence-electron chi connectivity index (χ4n) is 4.62. The van der Waals surface area contributed by atoms with Crippen LogP contribution in [0.15, 0.2) is 45.8 Å². The standard InChI is InChI=1S/C23H27BrN2O5S/c1-15-11-17-12-18(24)6-8-20(17)26(15)23(27)16-5-4-10-25(14-16)32(28,29)22-13-19(30-2)7-9-21(22)31-3/h6-9,12-13,15-16H,4-5,10-11,14H2,1-3H3/t15-,16+/m0/s1. The van der Waals surface area contributed by atoms with Gasteiger partial charge in [-0.05, 0) is 62.1 Å². The van der Waals surface area contributed by atoms with Crippen molar-refractivity contribution in [3.63, 3.8) is 0 Å². The van der Waals surface area contributed by atoms with Gasteiger partial charge in [-0.25, -0.2) is 8.42 Å². The molecule has 2 heterocycles. The lowest BCUT2D eigenvalue weighted by atomic mass is 9.97. The molecule has 0 bridgehead atoms. The Balaban J connectivity index is 1.60. The minimum absolute atomic E-state index is 0.0175. The number of nitrogens with zero attached hydrogens (tertiary/aromatic N) is 2. The van der Waals surface area contributed by atoms with Crippen LogP contribution in [0, 0.1) is 5.92 Å². The van der Waals surface area contributed by atoms with Crippen LogP contribution in [0.5, 0.6) is 11.5 Å². The van der Waals surface area contributed by atoms with Crippen LogP contribution in [0.1, 0.15) is 25.3 Å². The number of sulfonamides is 1. The van der Waals surface area contributed by atoms with E-state index in [0.29, 0.717) is 25.1 Å². The second kappa shape index (κ2) is 9.03. The van der Waals surface area contributed by atoms with E-state index in [-0.39, 0.29) is 29.1 Å². The summed E-state index contributed by atoms with van der Waals surface area (Å²) in [6.45, 7) is 2.55. The van der Waals surface area contributed by atoms with Gasteiger partial charge >= 0.3 is 0 Å². The van der Waals surface area contributed by atoms with Crippen molar-refractivity contribution in [2.45, 2.75) is 37.1 Å². The van der Waals surface area contributed by atoms with Crippen LogP contribution in [-0.2, 0) is 21.2 Å². The zero-order chi connectivity index (χ0) is 23.0. The number of ether oxygens (including phenoxy) is 2. The highest BCUT2D eigenvalue weighted by atomic mass is 79.9. The predicted octanol–water partition coefficient (Wildman–Crippen LogP) is 3.84. The number of rotatable bonds is 5. The quantitative estimate of drug-likeness (QED) is 0.596. The molecule has 1 saturated heterocycles. The number of methoxy groups -OCH3 is 2. The van der Waals surface area contributed by atoms with Gasteiger partial charge in [0.15, 0.2) is 0 Å². The highest BCUT2D eigenvalue weighted by molar-refractivity contribution is 9.10. The van der Waals surface area contributed by atoms with Crippen LogP contribution in [0.2, 0.25) is 0 Å². The van der Waals surface area contributed by atoms with Gasteiger partial charge in [0.2, 0.25) is 15.9 Å². The maximum absolute atomic E-state index is 13.5. The first-order chi connectivity index (χ1) is 15.3. The molecule has 0 radical (unpaired) electrons. The molecule has 2 atom stereocenters. The van der Waals surface area contributed by atoms with Crippen LogP contribution in [0.4, 0.5) is 5.69 Å². The summed E-state index contributed by atoms with van der Waals surface area (Å²) in [5.74, 6) is 0.276. The van der Waals surface area contributed by atoms with E-state index >= 15 is 0 Å². The predicted molar refractivity (Wildman–Crippen MR) is 126 cm³/mol. The lowest BCUT2D eigenvalue weighted by Crippen LogP contribution is -2.48. The number of carbonyl (C=O) groups excluding carboxylic acids is 1. The Labute approximate surface area is 197 Å². The average Bonchev–Trinajstić information content (AvgIpc) is 3.12. The first-order valence-corrected chi connectivity index (χ1v) is 12.8. The Hall–Kier alpha value is -2.10. The Kier molecular flexibility index (Phi) is 6.51. The van der Waals surface area contributed by atoms with Crippen molar-refractivity contribution in [1.82, 2.24) is 4.31 Å². The minimum atomic E-state index is -3.86. The molecule has 0 saturated carbocycles. The molecule has 32 heavy (non-hydrogen) atoms. The number of amides is 1. The molecule has 2 aromatic rings. The number of halogens is 1. The zero-order valence-electron chi connectivity index (χ0n) is 18.4. The van der Waals surface area contributed by atoms with E-state index in [9.17, 15) is 13.2 Å². The summed E-state index contributed by atoms with van der Waals surface area (Å²) in [4.78, 5) is 15.4. The minimum Gasteiger partial charge on any atom is -0.497 e. The van der Waals surface area contributed by atoms with Crippen LogP contribution < -0.4 is 14.4 Å². The van der Waals surface area contributed by atoms with E-state index in [1.54, 1.807) is 12.1 Å². The molecule has 1 amide bonds. The number of piperidine rings is 1. The molecule has 172 valence electrons. The number of carbonyl (C=O) groups is 1. The van der Waals surface area contributed by atoms with Gasteiger partial charge in [0.05, 0.1) is 20.1 Å². The molecular weight excluding hydrogens is 496 g/mol. The van der Waals surface area contributed by atoms with Crippen LogP contribution in [-0.4, -0.2) is 52.0 Å². The molecule has 2 aliphatic heterocycles. The van der Waals surface area contributed by atoms with Crippen LogP contribution in [0.3, 0.4) is 0 Å². The molecule has 0 N–H and O–H groups in total. The molecule has 4 rings (SSSR count). The van der Waals surface area contributed by atoms with Gasteiger partial charge in [0, 0.05) is 35.4 Å². The third-order valence-corrected chi connectivity index (χ3v) is 8.60. The maximum Gasteiger partial charge on any atom is 0.246 e. The molecule has 1 fully saturated rings. The van der Waals surface area contributed by atoms with Crippen LogP contribution in [0.25, 0.3) is 0 Å². The van der Waals surface area contributed by atoms with Gasteiger partial charge in [-0.1, -0.05) is 15.9 Å². The van der Waals surface area contributed by atoms with Crippen molar-refractivity contribution in [3.05, 3.63) is 46.4 Å². The summed E-state index contributed by atoms with van der Waals surface area (Å²) >= 11 is 3.50. The third kappa shape index (κ3) is 4.13. The van der Waals surface area contributed by atoms with Gasteiger partial charge in [-0.15, -0.1) is 0 Å². The summed E-state index contributed by atoms with van der Waals surface area (Å²) < 4.78 is 39.9. The average molecular weight is 523 g/mol. The number of fused-ring (bicyclic) bond motifs is 1. The van der Waals surface area contributed by atoms with E-state index in [0.717, 1.165) is 22.1 Å². The van der Waals surface area contributed by atoms with E-state index in [1.165, 1.54) is 24.6 Å². The van der Waals surface area contributed by atoms with Crippen molar-refractivity contribution >= 4 is 37.5 Å². The van der Waals surface area contributed by atoms with E-state index in [1.807, 2.05) is 30.0 Å². The lowest BCUT2D eigenvalue weighted by molar-refractivity contribution is -0.123. The zero-order valence-corrected chi connectivity index (χ0v) is 20.8. The van der Waals surface area contributed by atoms with E-state index in [4.69, 9.17) is 9.47 Å². The van der Waals surface area contributed by atoms with Crippen molar-refractivity contribution in [3.8, 4) is 11.5 Å². The fourth-order valence-corrected chi connectivity index (χ4v) is 6.72. The molecule has 0 aromatic heterocycles. The van der Waals surface area contributed by atoms with Crippen molar-refractivity contribution in [1.29, 1.82) is 0 Å². The van der Waals surface area contributed by atoms with Gasteiger partial charge in [-0.2, -0.15) is 4.31 Å². The molecule has 7 nitrogen and oxygen atoms in total. The molecule has 2 aliphatic rings. The second-order valence-electron chi connectivity index (χ2n) is 8.25. The number of anilines is 1. The lowest BCUT2D eigenvalue weighted by Gasteiger charge is -2.34. The summed E-state index contributed by atoms with van der Waals surface area (Å²) in [7, 11) is -0.930. The molecule has 9 heteroatoms. The first-order valence-electron chi connectivity index (χ1n) is 10.6. The monoisotopic (exact) mass is 522 g/mol. The summed E-state index contributed by atoms with van der Waals surface area (Å²) in [5, 5.41) is 0. The second-order valence-corrected chi connectivity index (χ2v) is 11.1. The normalized spacial score (nSPS) is 21.3. The highest BCUT2D eigenvalue weighted by Crippen LogP contribution is 2.37. The topological polar surface area (TPSA) is 76.1 Å². The summed E-state index contributed by atoms with van der Waals surface area (Å²) in [5.41, 5.74) is 2.04. The molecule has 0 spiro atoms. The van der Waals surface area contributed by atoms with Crippen LogP contribution >= 0.6 is 15.9 Å². The molecule has 0 unspecified atom stereocenters. The largest absolute Gasteiger partial charge is 0.497 e. The molecule has 2 aromatic carbocycles. The van der Waals surface area contributed by atoms with Gasteiger partial charge in [-0.3, -0.25) is 4.79 Å². The highest BCUT2D eigenvalue weighted by Gasteiger charge is 2.40. The summed E-state index contributed by atoms with van der Waals surface area (Å²) in [6.07, 6.45) is 2.07. The smallest absolute Gasteiger partial charge is 0.246 e. The molecular formula is C23H27BrN2O5S. The Morgan fingerprint density at radius 3 is 2.62 bits per heavy atom. The fraction of sp³-hybridized carbons (Fsp3) is 0.435. The Morgan fingerprint density at radius 1 is 1.12 bits per heavy atom. The molecule has 0 aliphatic carbocycles. The Bertz CT molecular complexity index is 1140. The first kappa shape index (κ1) is 23.1. The Morgan fingerprint density at radius 2 is 1.91 bits per heavy atom. The number of benzene rings is 2. The van der Waals surface area contributed by atoms with Gasteiger partial charge in [0.1, 0.15) is 16.4 Å².